The molecule has 12 atom stereocenters. The molecule has 1 saturated heterocycles. The minimum absolute atomic E-state index is 0.0470. The Morgan fingerprint density at radius 3 is 2.02 bits per heavy atom. The summed E-state index contributed by atoms with van der Waals surface area (Å²) < 4.78 is 47.3. The summed E-state index contributed by atoms with van der Waals surface area (Å²) in [6.07, 6.45) is -9.01. The van der Waals surface area contributed by atoms with Gasteiger partial charge < -0.3 is 43.0 Å². The van der Waals surface area contributed by atoms with Gasteiger partial charge in [0.15, 0.2) is 35.8 Å². The molecule has 1 aromatic heterocycles. The van der Waals surface area contributed by atoms with Crippen molar-refractivity contribution in [2.75, 3.05) is 13.2 Å². The van der Waals surface area contributed by atoms with Crippen LogP contribution >= 0.6 is 0 Å². The minimum Gasteiger partial charge on any atom is -0.465 e. The van der Waals surface area contributed by atoms with Gasteiger partial charge in [-0.05, 0) is 26.0 Å². The van der Waals surface area contributed by atoms with Crippen molar-refractivity contribution in [1.29, 1.82) is 0 Å². The van der Waals surface area contributed by atoms with Crippen LogP contribution in [0.2, 0.25) is 0 Å². The van der Waals surface area contributed by atoms with Gasteiger partial charge in [-0.1, -0.05) is 13.8 Å². The summed E-state index contributed by atoms with van der Waals surface area (Å²) in [6, 6.07) is 2.88. The van der Waals surface area contributed by atoms with Crippen molar-refractivity contribution in [2.24, 2.45) is 17.3 Å². The largest absolute Gasteiger partial charge is 0.465 e. The molecule has 5 rings (SSSR count). The van der Waals surface area contributed by atoms with Crippen LogP contribution in [0.1, 0.15) is 84.3 Å². The van der Waals surface area contributed by atoms with Gasteiger partial charge in [-0.15, -0.1) is 0 Å². The molecule has 294 valence electrons. The summed E-state index contributed by atoms with van der Waals surface area (Å²) in [5.74, 6) is -12.0. The molecule has 0 amide bonds. The lowest BCUT2D eigenvalue weighted by molar-refractivity contribution is -0.376. The zero-order valence-corrected chi connectivity index (χ0v) is 31.2. The fourth-order valence-corrected chi connectivity index (χ4v) is 8.70. The van der Waals surface area contributed by atoms with E-state index in [4.69, 9.17) is 37.9 Å². The maximum absolute atomic E-state index is 15.1. The lowest BCUT2D eigenvalue weighted by atomic mass is 9.45. The molecule has 1 unspecified atom stereocenters. The number of aromatic nitrogens is 1. The number of hydrogen-bond donors (Lipinski definition) is 1. The predicted octanol–water partition coefficient (Wildman–Crippen LogP) is 0.671. The molecule has 54 heavy (non-hydrogen) atoms. The molecule has 1 spiro atoms. The van der Waals surface area contributed by atoms with E-state index in [9.17, 15) is 38.7 Å². The quantitative estimate of drug-likeness (QED) is 0.309. The number of hydrogen-bond acceptors (Lipinski definition) is 18. The molecular weight excluding hydrogens is 718 g/mol. The second kappa shape index (κ2) is 14.0. The van der Waals surface area contributed by atoms with E-state index in [-0.39, 0.29) is 11.3 Å². The van der Waals surface area contributed by atoms with E-state index in [0.29, 0.717) is 0 Å². The summed E-state index contributed by atoms with van der Waals surface area (Å²) >= 11 is 0. The third kappa shape index (κ3) is 6.08. The first-order chi connectivity index (χ1) is 25.1. The summed E-state index contributed by atoms with van der Waals surface area (Å²) in [7, 11) is 0. The van der Waals surface area contributed by atoms with Gasteiger partial charge in [0.2, 0.25) is 0 Å². The smallest absolute Gasteiger partial charge is 0.340 e. The van der Waals surface area contributed by atoms with Crippen LogP contribution in [0, 0.1) is 17.3 Å². The lowest BCUT2D eigenvalue weighted by Gasteiger charge is -2.66. The van der Waals surface area contributed by atoms with Crippen LogP contribution in [0.3, 0.4) is 0 Å². The van der Waals surface area contributed by atoms with Gasteiger partial charge in [0.1, 0.15) is 35.9 Å². The summed E-state index contributed by atoms with van der Waals surface area (Å²) in [4.78, 5) is 112. The van der Waals surface area contributed by atoms with Crippen LogP contribution in [0.15, 0.2) is 18.3 Å². The van der Waals surface area contributed by atoms with E-state index < -0.39 is 131 Å². The number of esters is 7. The molecule has 1 aromatic rings. The molecule has 0 radical (unpaired) electrons. The average Bonchev–Trinajstić information content (AvgIpc) is 3.30. The lowest BCUT2D eigenvalue weighted by Crippen LogP contribution is -2.88. The first-order valence-corrected chi connectivity index (χ1v) is 17.2. The van der Waals surface area contributed by atoms with Gasteiger partial charge >= 0.3 is 41.8 Å². The molecule has 0 aromatic carbocycles. The topological polar surface area (TPSA) is 244 Å². The number of ketones is 1. The molecule has 18 nitrogen and oxygen atoms in total. The monoisotopic (exact) mass is 761 g/mol. The Kier molecular flexibility index (Phi) is 10.4. The summed E-state index contributed by atoms with van der Waals surface area (Å²) in [6.45, 7) is 8.38. The van der Waals surface area contributed by atoms with Crippen molar-refractivity contribution in [2.45, 2.75) is 116 Å². The number of cyclic esters (lactones) is 1. The number of carbonyl (C=O) groups is 8. The van der Waals surface area contributed by atoms with E-state index in [0.717, 1.165) is 41.5 Å². The van der Waals surface area contributed by atoms with Crippen LogP contribution in [0.25, 0.3) is 0 Å². The van der Waals surface area contributed by atoms with Crippen LogP contribution in [0.5, 0.6) is 0 Å². The normalized spacial score (nSPS) is 38.4. The Morgan fingerprint density at radius 2 is 1.44 bits per heavy atom. The Balaban J connectivity index is 1.97. The van der Waals surface area contributed by atoms with Crippen LogP contribution < -0.4 is 0 Å². The number of carbonyl (C=O) groups excluding carboxylic acids is 8. The highest BCUT2D eigenvalue weighted by Crippen LogP contribution is 2.69. The van der Waals surface area contributed by atoms with Crippen LogP contribution in [-0.4, -0.2) is 118 Å². The maximum atomic E-state index is 15.1. The van der Waals surface area contributed by atoms with Crippen LogP contribution in [0.4, 0.5) is 0 Å². The summed E-state index contributed by atoms with van der Waals surface area (Å²) in [5.41, 5.74) is -10.2. The number of Topliss-reactive ketones (excluding diaryl/α,β-unsaturated/α-hetero) is 1. The van der Waals surface area contributed by atoms with E-state index >= 15 is 4.79 Å². The SMILES string of the molecule is CC(=O)OC[C@]12[C@H](OC(C)=O)C(=O)[C@H]3[C@@H](OC(C)=O)[C@@]14O[C@@]3(C)COC(=O)c1cccnc1[C@@H](C)[C@H](C)C(=O)O[C@@H]([C@H](OC(C)=O)[C@@H]2OC(C)=O)C4(C)O. The van der Waals surface area contributed by atoms with Crippen molar-refractivity contribution in [3.05, 3.63) is 29.6 Å². The fraction of sp³-hybridized carbons (Fsp3) is 0.639. The van der Waals surface area contributed by atoms with Gasteiger partial charge in [-0.3, -0.25) is 38.5 Å². The molecule has 4 bridgehead atoms. The Hall–Kier alpha value is -4.97. The zero-order chi connectivity index (χ0) is 40.3. The molecule has 2 aliphatic carbocycles. The van der Waals surface area contributed by atoms with Crippen LogP contribution in [-0.2, 0) is 71.5 Å². The highest BCUT2D eigenvalue weighted by atomic mass is 16.7. The van der Waals surface area contributed by atoms with Crippen molar-refractivity contribution in [1.82, 2.24) is 4.98 Å². The molecule has 18 heteroatoms. The first kappa shape index (κ1) is 40.2. The van der Waals surface area contributed by atoms with E-state index in [1.165, 1.54) is 32.2 Å². The number of nitrogens with zero attached hydrogens (tertiary/aromatic N) is 1. The Labute approximate surface area is 309 Å². The third-order valence-corrected chi connectivity index (χ3v) is 10.9. The van der Waals surface area contributed by atoms with Crippen molar-refractivity contribution in [3.63, 3.8) is 0 Å². The van der Waals surface area contributed by atoms with Gasteiger partial charge in [0.25, 0.3) is 0 Å². The third-order valence-electron chi connectivity index (χ3n) is 10.9. The number of rotatable bonds is 6. The van der Waals surface area contributed by atoms with Gasteiger partial charge in [0.05, 0.1) is 23.1 Å². The number of fused-ring (bicyclic) bond motifs is 5. The summed E-state index contributed by atoms with van der Waals surface area (Å²) in [5, 5.41) is 13.2. The standard InChI is InChI=1S/C36H43NO17/c1-15-16(2)31(44)53-29-26(49-18(4)39)30(52-21(7)42)35(14-47-17(3)38)28(51-20(6)41)25(43)23-27(50-19(5)40)36(35,34(29,9)46)54-33(23,8)13-48-32(45)22-11-10-12-37-24(15)22/h10-12,15-16,23,26-30,46H,13-14H2,1-9H3/t15-,16-,23-,26-,27+,28+,29-,30-,33-,34?,35+,36-/m0/s1. The number of pyridine rings is 1. The minimum atomic E-state index is -2.82. The first-order valence-electron chi connectivity index (χ1n) is 17.2. The fourth-order valence-electron chi connectivity index (χ4n) is 8.70. The van der Waals surface area contributed by atoms with Gasteiger partial charge in [-0.25, -0.2) is 4.79 Å². The molecule has 2 aliphatic heterocycles. The highest BCUT2D eigenvalue weighted by Gasteiger charge is 2.91. The molecular formula is C36H43NO17. The van der Waals surface area contributed by atoms with Gasteiger partial charge in [-0.2, -0.15) is 0 Å². The maximum Gasteiger partial charge on any atom is 0.340 e. The molecule has 1 N–H and O–H groups in total. The Bertz CT molecular complexity index is 1790. The van der Waals surface area contributed by atoms with E-state index in [1.54, 1.807) is 6.92 Å². The molecule has 4 aliphatic rings. The second-order valence-electron chi connectivity index (χ2n) is 14.6. The molecule has 3 heterocycles. The number of ether oxygens (including phenoxy) is 8. The molecule has 2 saturated carbocycles. The second-order valence-corrected chi connectivity index (χ2v) is 14.6. The van der Waals surface area contributed by atoms with E-state index in [2.05, 4.69) is 4.98 Å². The highest BCUT2D eigenvalue weighted by molar-refractivity contribution is 5.94. The molecule has 3 fully saturated rings. The Morgan fingerprint density at radius 1 is 0.852 bits per heavy atom. The zero-order valence-electron chi connectivity index (χ0n) is 31.2. The predicted molar refractivity (Wildman–Crippen MR) is 175 cm³/mol. The van der Waals surface area contributed by atoms with Crippen molar-refractivity contribution >= 4 is 47.6 Å². The van der Waals surface area contributed by atoms with Crippen molar-refractivity contribution < 1.29 is 81.4 Å². The number of aliphatic hydroxyl groups is 1. The van der Waals surface area contributed by atoms with Gasteiger partial charge in [0, 0.05) is 46.7 Å². The average molecular weight is 762 g/mol. The van der Waals surface area contributed by atoms with Crippen molar-refractivity contribution in [3.8, 4) is 0 Å². The van der Waals surface area contributed by atoms with E-state index in [1.807, 2.05) is 0 Å².